The summed E-state index contributed by atoms with van der Waals surface area (Å²) < 4.78 is 21.0. The fourth-order valence-corrected chi connectivity index (χ4v) is 5.12. The van der Waals surface area contributed by atoms with Gasteiger partial charge in [0, 0.05) is 37.4 Å². The molecule has 0 radical (unpaired) electrons. The normalized spacial score (nSPS) is 20.3. The van der Waals surface area contributed by atoms with Gasteiger partial charge in [-0.3, -0.25) is 9.69 Å². The van der Waals surface area contributed by atoms with Crippen molar-refractivity contribution in [2.24, 2.45) is 0 Å². The molecule has 1 amide bonds. The van der Waals surface area contributed by atoms with Crippen LogP contribution in [0.2, 0.25) is 0 Å². The smallest absolute Gasteiger partial charge is 0.272 e. The van der Waals surface area contributed by atoms with E-state index in [1.807, 2.05) is 0 Å². The van der Waals surface area contributed by atoms with Gasteiger partial charge in [0.05, 0.1) is 17.9 Å². The number of carbonyl (C=O) groups excluding carboxylic acids is 1. The number of benzene rings is 2. The molecule has 3 aromatic rings. The number of nitrogens with zero attached hydrogens (tertiary/aromatic N) is 3. The van der Waals surface area contributed by atoms with Crippen molar-refractivity contribution in [3.63, 3.8) is 0 Å². The largest absolute Gasteiger partial charge is 0.373 e. The monoisotopic (exact) mass is 462 g/mol. The van der Waals surface area contributed by atoms with Crippen LogP contribution in [0.1, 0.15) is 53.1 Å². The molecule has 1 N–H and O–H groups in total. The van der Waals surface area contributed by atoms with Crippen LogP contribution in [0.15, 0.2) is 48.5 Å². The minimum absolute atomic E-state index is 0.167. The van der Waals surface area contributed by atoms with Crippen LogP contribution in [0, 0.1) is 5.82 Å². The van der Waals surface area contributed by atoms with E-state index < -0.39 is 0 Å². The number of hydrogen-bond acceptors (Lipinski definition) is 4. The summed E-state index contributed by atoms with van der Waals surface area (Å²) in [7, 11) is 0. The number of halogens is 1. The average molecular weight is 463 g/mol. The molecule has 2 aliphatic rings. The number of fused-ring (bicyclic) bond motifs is 1. The number of hydrogen-bond donors (Lipinski definition) is 1. The van der Waals surface area contributed by atoms with E-state index in [2.05, 4.69) is 53.4 Å². The van der Waals surface area contributed by atoms with Crippen molar-refractivity contribution in [3.8, 4) is 5.69 Å². The number of morpholine rings is 1. The lowest BCUT2D eigenvalue weighted by Gasteiger charge is -2.35. The zero-order valence-electron chi connectivity index (χ0n) is 19.8. The Kier molecular flexibility index (Phi) is 6.48. The van der Waals surface area contributed by atoms with Crippen molar-refractivity contribution in [2.45, 2.75) is 58.4 Å². The van der Waals surface area contributed by atoms with Crippen molar-refractivity contribution in [3.05, 3.63) is 82.4 Å². The molecule has 1 aliphatic carbocycles. The number of carbonyl (C=O) groups is 1. The second kappa shape index (κ2) is 9.68. The SMILES string of the molecule is CC1CN(Cc2ccc(CNC(=O)c3nn(-c4ccc(F)cc4)c4c3CCC4)cc2)CC(C)O1. The standard InChI is InChI=1S/C27H31FN4O2/c1-18-15-31(16-19(2)34-18)17-21-8-6-20(7-9-21)14-29-27(33)26-24-4-3-5-25(24)32(30-26)23-12-10-22(28)11-13-23/h6-13,18-19H,3-5,14-17H2,1-2H3,(H,29,33). The first kappa shape index (κ1) is 22.7. The van der Waals surface area contributed by atoms with Crippen molar-refractivity contribution >= 4 is 5.91 Å². The van der Waals surface area contributed by atoms with E-state index in [0.29, 0.717) is 12.2 Å². The zero-order chi connectivity index (χ0) is 23.7. The van der Waals surface area contributed by atoms with Crippen LogP contribution in [0.5, 0.6) is 0 Å². The summed E-state index contributed by atoms with van der Waals surface area (Å²) in [4.78, 5) is 15.4. The van der Waals surface area contributed by atoms with E-state index in [9.17, 15) is 9.18 Å². The van der Waals surface area contributed by atoms with Gasteiger partial charge in [0.1, 0.15) is 5.82 Å². The van der Waals surface area contributed by atoms with E-state index in [-0.39, 0.29) is 23.9 Å². The Labute approximate surface area is 199 Å². The molecule has 5 rings (SSSR count). The lowest BCUT2D eigenvalue weighted by atomic mass is 10.1. The van der Waals surface area contributed by atoms with Gasteiger partial charge < -0.3 is 10.1 Å². The molecule has 2 unspecified atom stereocenters. The zero-order valence-corrected chi connectivity index (χ0v) is 19.8. The van der Waals surface area contributed by atoms with Crippen LogP contribution in [-0.4, -0.2) is 45.9 Å². The van der Waals surface area contributed by atoms with E-state index in [1.165, 1.54) is 17.7 Å². The molecule has 1 fully saturated rings. The highest BCUT2D eigenvalue weighted by Crippen LogP contribution is 2.28. The molecule has 2 heterocycles. The van der Waals surface area contributed by atoms with Crippen LogP contribution in [0.4, 0.5) is 4.39 Å². The van der Waals surface area contributed by atoms with Gasteiger partial charge in [-0.05, 0) is 68.5 Å². The first-order valence-electron chi connectivity index (χ1n) is 12.1. The molecule has 7 heteroatoms. The van der Waals surface area contributed by atoms with Gasteiger partial charge in [-0.2, -0.15) is 5.10 Å². The third kappa shape index (κ3) is 4.91. The fourth-order valence-electron chi connectivity index (χ4n) is 5.12. The maximum absolute atomic E-state index is 13.3. The Bertz CT molecular complexity index is 1150. The second-order valence-electron chi connectivity index (χ2n) is 9.47. The molecule has 1 saturated heterocycles. The molecule has 1 aromatic heterocycles. The van der Waals surface area contributed by atoms with Crippen LogP contribution < -0.4 is 5.32 Å². The highest BCUT2D eigenvalue weighted by atomic mass is 19.1. The molecule has 1 aliphatic heterocycles. The molecule has 2 atom stereocenters. The molecule has 0 bridgehead atoms. The van der Waals surface area contributed by atoms with Crippen molar-refractivity contribution in [1.82, 2.24) is 20.0 Å². The predicted molar refractivity (Wildman–Crippen MR) is 128 cm³/mol. The maximum Gasteiger partial charge on any atom is 0.272 e. The van der Waals surface area contributed by atoms with Crippen LogP contribution >= 0.6 is 0 Å². The lowest BCUT2D eigenvalue weighted by Crippen LogP contribution is -2.44. The number of ether oxygens (including phenoxy) is 1. The van der Waals surface area contributed by atoms with E-state index in [1.54, 1.807) is 16.8 Å². The topological polar surface area (TPSA) is 59.4 Å². The Morgan fingerprint density at radius 2 is 1.71 bits per heavy atom. The van der Waals surface area contributed by atoms with Gasteiger partial charge >= 0.3 is 0 Å². The summed E-state index contributed by atoms with van der Waals surface area (Å²) in [6.45, 7) is 7.47. The summed E-state index contributed by atoms with van der Waals surface area (Å²) in [5.74, 6) is -0.454. The summed E-state index contributed by atoms with van der Waals surface area (Å²) in [6, 6.07) is 14.6. The average Bonchev–Trinajstić information content (AvgIpc) is 3.41. The van der Waals surface area contributed by atoms with Crippen molar-refractivity contribution in [2.75, 3.05) is 13.1 Å². The molecule has 0 saturated carbocycles. The lowest BCUT2D eigenvalue weighted by molar-refractivity contribution is -0.0704. The van der Waals surface area contributed by atoms with Gasteiger partial charge in [0.15, 0.2) is 5.69 Å². The van der Waals surface area contributed by atoms with E-state index >= 15 is 0 Å². The Balaban J connectivity index is 1.23. The molecule has 0 spiro atoms. The van der Waals surface area contributed by atoms with E-state index in [4.69, 9.17) is 4.74 Å². The summed E-state index contributed by atoms with van der Waals surface area (Å²) in [5.41, 5.74) is 5.61. The van der Waals surface area contributed by atoms with Gasteiger partial charge in [0.2, 0.25) is 0 Å². The highest BCUT2D eigenvalue weighted by molar-refractivity contribution is 5.94. The molecule has 34 heavy (non-hydrogen) atoms. The fraction of sp³-hybridized carbons (Fsp3) is 0.407. The Morgan fingerprint density at radius 3 is 2.41 bits per heavy atom. The summed E-state index contributed by atoms with van der Waals surface area (Å²) in [6.07, 6.45) is 3.22. The third-order valence-electron chi connectivity index (χ3n) is 6.59. The van der Waals surface area contributed by atoms with Crippen molar-refractivity contribution in [1.29, 1.82) is 0 Å². The van der Waals surface area contributed by atoms with Crippen LogP contribution in [0.25, 0.3) is 5.69 Å². The maximum atomic E-state index is 13.3. The summed E-state index contributed by atoms with van der Waals surface area (Å²) >= 11 is 0. The molecule has 6 nitrogen and oxygen atoms in total. The van der Waals surface area contributed by atoms with Crippen LogP contribution in [-0.2, 0) is 30.7 Å². The Hall–Kier alpha value is -3.03. The van der Waals surface area contributed by atoms with Crippen LogP contribution in [0.3, 0.4) is 0 Å². The molecular weight excluding hydrogens is 431 g/mol. The summed E-state index contributed by atoms with van der Waals surface area (Å²) in [5, 5.41) is 7.63. The van der Waals surface area contributed by atoms with E-state index in [0.717, 1.165) is 61.4 Å². The minimum atomic E-state index is -0.286. The van der Waals surface area contributed by atoms with Gasteiger partial charge in [-0.15, -0.1) is 0 Å². The first-order chi connectivity index (χ1) is 16.5. The number of nitrogens with one attached hydrogen (secondary N) is 1. The van der Waals surface area contributed by atoms with Gasteiger partial charge in [-0.25, -0.2) is 9.07 Å². The van der Waals surface area contributed by atoms with Gasteiger partial charge in [0.25, 0.3) is 5.91 Å². The van der Waals surface area contributed by atoms with Gasteiger partial charge in [-0.1, -0.05) is 24.3 Å². The first-order valence-corrected chi connectivity index (χ1v) is 12.1. The number of amides is 1. The molecular formula is C27H31FN4O2. The highest BCUT2D eigenvalue weighted by Gasteiger charge is 2.27. The second-order valence-corrected chi connectivity index (χ2v) is 9.47. The minimum Gasteiger partial charge on any atom is -0.373 e. The molecule has 178 valence electrons. The quantitative estimate of drug-likeness (QED) is 0.601. The number of rotatable bonds is 6. The third-order valence-corrected chi connectivity index (χ3v) is 6.59. The Morgan fingerprint density at radius 1 is 1.03 bits per heavy atom. The van der Waals surface area contributed by atoms with Crippen molar-refractivity contribution < 1.29 is 13.9 Å². The molecule has 2 aromatic carbocycles. The number of aromatic nitrogens is 2. The predicted octanol–water partition coefficient (Wildman–Crippen LogP) is 4.04.